The molecule has 1 fully saturated rings. The molecule has 1 N–H and O–H groups in total. The monoisotopic (exact) mass is 288 g/mol. The molecule has 0 spiro atoms. The quantitative estimate of drug-likeness (QED) is 0.865. The maximum atomic E-state index is 12.5. The molecule has 21 heavy (non-hydrogen) atoms. The van der Waals surface area contributed by atoms with E-state index in [1.54, 1.807) is 4.90 Å². The lowest BCUT2D eigenvalue weighted by molar-refractivity contribution is -0.132. The van der Waals surface area contributed by atoms with E-state index in [0.29, 0.717) is 25.4 Å². The fourth-order valence-corrected chi connectivity index (χ4v) is 2.50. The van der Waals surface area contributed by atoms with Crippen LogP contribution in [-0.4, -0.2) is 24.9 Å². The second-order valence-electron chi connectivity index (χ2n) is 6.24. The van der Waals surface area contributed by atoms with Gasteiger partial charge in [-0.2, -0.15) is 0 Å². The predicted octanol–water partition coefficient (Wildman–Crippen LogP) is 2.43. The summed E-state index contributed by atoms with van der Waals surface area (Å²) in [5, 5.41) is 2.86. The number of carbonyl (C=O) groups is 2. The molecule has 0 aromatic heterocycles. The minimum atomic E-state index is -0.537. The zero-order chi connectivity index (χ0) is 15.6. The predicted molar refractivity (Wildman–Crippen MR) is 84.2 cm³/mol. The number of hydrogen-bond acceptors (Lipinski definition) is 2. The molecule has 0 aliphatic carbocycles. The van der Waals surface area contributed by atoms with Crippen molar-refractivity contribution in [2.75, 3.05) is 18.0 Å². The zero-order valence-corrected chi connectivity index (χ0v) is 13.3. The lowest BCUT2D eigenvalue weighted by atomic mass is 10.1. The van der Waals surface area contributed by atoms with E-state index < -0.39 is 5.92 Å². The highest BCUT2D eigenvalue weighted by molar-refractivity contribution is 6.09. The molecule has 1 aliphatic heterocycles. The van der Waals surface area contributed by atoms with Crippen LogP contribution in [0.4, 0.5) is 5.69 Å². The first-order valence-electron chi connectivity index (χ1n) is 7.56. The third-order valence-electron chi connectivity index (χ3n) is 4.01. The van der Waals surface area contributed by atoms with Gasteiger partial charge in [0.25, 0.3) is 0 Å². The smallest absolute Gasteiger partial charge is 0.239 e. The van der Waals surface area contributed by atoms with E-state index in [1.807, 2.05) is 45.9 Å². The largest absolute Gasteiger partial charge is 0.355 e. The van der Waals surface area contributed by atoms with Crippen molar-refractivity contribution in [1.82, 2.24) is 5.32 Å². The van der Waals surface area contributed by atoms with Gasteiger partial charge in [-0.3, -0.25) is 9.59 Å². The first-order valence-corrected chi connectivity index (χ1v) is 7.56. The summed E-state index contributed by atoms with van der Waals surface area (Å²) in [5.41, 5.74) is 3.26. The Bertz CT molecular complexity index is 552. The molecule has 1 aromatic rings. The van der Waals surface area contributed by atoms with Crippen molar-refractivity contribution in [3.05, 3.63) is 29.3 Å². The number of benzene rings is 1. The molecule has 4 heteroatoms. The van der Waals surface area contributed by atoms with E-state index in [-0.39, 0.29) is 11.8 Å². The molecular weight excluding hydrogens is 264 g/mol. The maximum absolute atomic E-state index is 12.5. The summed E-state index contributed by atoms with van der Waals surface area (Å²) in [4.78, 5) is 26.3. The summed E-state index contributed by atoms with van der Waals surface area (Å²) >= 11 is 0. The molecule has 1 unspecified atom stereocenters. The van der Waals surface area contributed by atoms with Crippen molar-refractivity contribution in [3.8, 4) is 0 Å². The molecule has 1 aliphatic rings. The highest BCUT2D eigenvalue weighted by Gasteiger charge is 2.37. The number of rotatable bonds is 4. The van der Waals surface area contributed by atoms with Gasteiger partial charge in [0, 0.05) is 18.8 Å². The van der Waals surface area contributed by atoms with Gasteiger partial charge in [-0.25, -0.2) is 0 Å². The summed E-state index contributed by atoms with van der Waals surface area (Å²) in [7, 11) is 0. The molecule has 1 aromatic carbocycles. The zero-order valence-electron chi connectivity index (χ0n) is 13.3. The van der Waals surface area contributed by atoms with Crippen LogP contribution in [0.1, 0.15) is 31.4 Å². The number of nitrogens with zero attached hydrogens (tertiary/aromatic N) is 1. The van der Waals surface area contributed by atoms with E-state index in [9.17, 15) is 9.59 Å². The van der Waals surface area contributed by atoms with Crippen molar-refractivity contribution >= 4 is 17.5 Å². The summed E-state index contributed by atoms with van der Waals surface area (Å²) in [5.74, 6) is -0.369. The Balaban J connectivity index is 2.07. The van der Waals surface area contributed by atoms with Crippen LogP contribution in [0, 0.1) is 25.7 Å². The number of amides is 2. The Labute approximate surface area is 126 Å². The second kappa shape index (κ2) is 6.29. The molecular formula is C17H24N2O2. The van der Waals surface area contributed by atoms with Gasteiger partial charge < -0.3 is 10.2 Å². The fraction of sp³-hybridized carbons (Fsp3) is 0.529. The number of aryl methyl sites for hydroxylation is 2. The van der Waals surface area contributed by atoms with Gasteiger partial charge in [0.1, 0.15) is 5.92 Å². The second-order valence-corrected chi connectivity index (χ2v) is 6.24. The van der Waals surface area contributed by atoms with E-state index in [0.717, 1.165) is 11.3 Å². The first-order chi connectivity index (χ1) is 9.90. The van der Waals surface area contributed by atoms with E-state index >= 15 is 0 Å². The Morgan fingerprint density at radius 2 is 2.05 bits per heavy atom. The molecule has 0 bridgehead atoms. The summed E-state index contributed by atoms with van der Waals surface area (Å²) in [6, 6.07) is 5.99. The standard InChI is InChI=1S/C17H24N2O2/c1-11(2)10-18-16(20)15-7-8-19(17(15)21)14-6-5-12(3)13(4)9-14/h5-6,9,11,15H,7-8,10H2,1-4H3,(H,18,20). The van der Waals surface area contributed by atoms with Gasteiger partial charge in [-0.05, 0) is 49.4 Å². The van der Waals surface area contributed by atoms with Gasteiger partial charge >= 0.3 is 0 Å². The van der Waals surface area contributed by atoms with Crippen LogP contribution in [0.15, 0.2) is 18.2 Å². The number of carbonyl (C=O) groups excluding carboxylic acids is 2. The third kappa shape index (κ3) is 3.43. The molecule has 2 amide bonds. The minimum absolute atomic E-state index is 0.0838. The topological polar surface area (TPSA) is 49.4 Å². The SMILES string of the molecule is Cc1ccc(N2CCC(C(=O)NCC(C)C)C2=O)cc1C. The van der Waals surface area contributed by atoms with Gasteiger partial charge in [-0.1, -0.05) is 19.9 Å². The van der Waals surface area contributed by atoms with E-state index in [4.69, 9.17) is 0 Å². The minimum Gasteiger partial charge on any atom is -0.355 e. The van der Waals surface area contributed by atoms with Crippen LogP contribution in [0.3, 0.4) is 0 Å². The molecule has 0 saturated carbocycles. The van der Waals surface area contributed by atoms with Crippen LogP contribution >= 0.6 is 0 Å². The third-order valence-corrected chi connectivity index (χ3v) is 4.01. The van der Waals surface area contributed by atoms with Crippen LogP contribution in [-0.2, 0) is 9.59 Å². The first kappa shape index (κ1) is 15.5. The van der Waals surface area contributed by atoms with Gasteiger partial charge in [0.05, 0.1) is 0 Å². The van der Waals surface area contributed by atoms with Crippen LogP contribution in [0.25, 0.3) is 0 Å². The number of hydrogen-bond donors (Lipinski definition) is 1. The van der Waals surface area contributed by atoms with E-state index in [1.165, 1.54) is 5.56 Å². The van der Waals surface area contributed by atoms with Crippen molar-refractivity contribution in [3.63, 3.8) is 0 Å². The lowest BCUT2D eigenvalue weighted by Gasteiger charge is -2.18. The lowest BCUT2D eigenvalue weighted by Crippen LogP contribution is -2.38. The maximum Gasteiger partial charge on any atom is 0.239 e. The molecule has 114 valence electrons. The fourth-order valence-electron chi connectivity index (χ4n) is 2.50. The highest BCUT2D eigenvalue weighted by Crippen LogP contribution is 2.27. The summed E-state index contributed by atoms with van der Waals surface area (Å²) < 4.78 is 0. The Morgan fingerprint density at radius 3 is 2.67 bits per heavy atom. The van der Waals surface area contributed by atoms with Gasteiger partial charge in [0.15, 0.2) is 0 Å². The van der Waals surface area contributed by atoms with Crippen LogP contribution in [0.2, 0.25) is 0 Å². The number of nitrogens with one attached hydrogen (secondary N) is 1. The molecule has 2 rings (SSSR count). The van der Waals surface area contributed by atoms with Crippen molar-refractivity contribution in [2.24, 2.45) is 11.8 Å². The average molecular weight is 288 g/mol. The normalized spacial score (nSPS) is 18.4. The Kier molecular flexibility index (Phi) is 4.66. The molecule has 0 radical (unpaired) electrons. The van der Waals surface area contributed by atoms with Gasteiger partial charge in [0.2, 0.25) is 11.8 Å². The van der Waals surface area contributed by atoms with Crippen LogP contribution < -0.4 is 10.2 Å². The Hall–Kier alpha value is -1.84. The van der Waals surface area contributed by atoms with Crippen molar-refractivity contribution < 1.29 is 9.59 Å². The molecule has 1 saturated heterocycles. The van der Waals surface area contributed by atoms with Crippen LogP contribution in [0.5, 0.6) is 0 Å². The van der Waals surface area contributed by atoms with E-state index in [2.05, 4.69) is 5.32 Å². The summed E-state index contributed by atoms with van der Waals surface area (Å²) in [6.07, 6.45) is 0.593. The Morgan fingerprint density at radius 1 is 1.33 bits per heavy atom. The molecule has 1 atom stereocenters. The number of anilines is 1. The van der Waals surface area contributed by atoms with Gasteiger partial charge in [-0.15, -0.1) is 0 Å². The summed E-state index contributed by atoms with van der Waals surface area (Å²) in [6.45, 7) is 9.39. The average Bonchev–Trinajstić information content (AvgIpc) is 2.81. The highest BCUT2D eigenvalue weighted by atomic mass is 16.2. The molecule has 1 heterocycles. The molecule has 4 nitrogen and oxygen atoms in total. The van der Waals surface area contributed by atoms with Crippen molar-refractivity contribution in [1.29, 1.82) is 0 Å². The van der Waals surface area contributed by atoms with Crippen molar-refractivity contribution in [2.45, 2.75) is 34.1 Å².